The Labute approximate surface area is 121 Å². The maximum atomic E-state index is 10.0. The molecule has 2 N–H and O–H groups in total. The quantitative estimate of drug-likeness (QED) is 0.878. The van der Waals surface area contributed by atoms with Gasteiger partial charge in [-0.25, -0.2) is 0 Å². The number of hydrogen-bond donors (Lipinski definition) is 2. The highest BCUT2D eigenvalue weighted by molar-refractivity contribution is 5.25. The molecule has 3 nitrogen and oxygen atoms in total. The normalized spacial score (nSPS) is 33.0. The maximum absolute atomic E-state index is 10.0. The number of nitrogens with zero attached hydrogens (tertiary/aromatic N) is 1. The van der Waals surface area contributed by atoms with E-state index in [1.807, 2.05) is 18.2 Å². The van der Waals surface area contributed by atoms with Crippen LogP contribution in [0, 0.1) is 11.8 Å². The predicted octanol–water partition coefficient (Wildman–Crippen LogP) is 1.64. The second kappa shape index (κ2) is 5.47. The van der Waals surface area contributed by atoms with Crippen molar-refractivity contribution < 1.29 is 10.2 Å². The second-order valence-corrected chi connectivity index (χ2v) is 6.85. The van der Waals surface area contributed by atoms with Crippen LogP contribution in [-0.2, 0) is 5.41 Å². The number of fused-ring (bicyclic) bond motifs is 1. The van der Waals surface area contributed by atoms with Gasteiger partial charge in [-0.15, -0.1) is 0 Å². The van der Waals surface area contributed by atoms with Crippen molar-refractivity contribution >= 4 is 0 Å². The Morgan fingerprint density at radius 3 is 2.60 bits per heavy atom. The Balaban J connectivity index is 1.70. The minimum atomic E-state index is -0.217. The summed E-state index contributed by atoms with van der Waals surface area (Å²) in [4.78, 5) is 2.43. The molecule has 1 saturated carbocycles. The predicted molar refractivity (Wildman–Crippen MR) is 79.5 cm³/mol. The molecule has 110 valence electrons. The molecule has 0 amide bonds. The van der Waals surface area contributed by atoms with Gasteiger partial charge in [-0.3, -0.25) is 0 Å². The van der Waals surface area contributed by atoms with Crippen LogP contribution in [0.2, 0.25) is 0 Å². The highest BCUT2D eigenvalue weighted by atomic mass is 16.3. The van der Waals surface area contributed by atoms with Crippen LogP contribution in [-0.4, -0.2) is 47.5 Å². The van der Waals surface area contributed by atoms with Crippen molar-refractivity contribution in [2.24, 2.45) is 11.8 Å². The van der Waals surface area contributed by atoms with Crippen LogP contribution >= 0.6 is 0 Å². The summed E-state index contributed by atoms with van der Waals surface area (Å²) < 4.78 is 0. The van der Waals surface area contributed by atoms with Gasteiger partial charge in [0.2, 0.25) is 0 Å². The van der Waals surface area contributed by atoms with E-state index in [-0.39, 0.29) is 18.1 Å². The number of hydrogen-bond acceptors (Lipinski definition) is 3. The first-order valence-corrected chi connectivity index (χ1v) is 7.69. The Kier molecular flexibility index (Phi) is 3.85. The highest BCUT2D eigenvalue weighted by Gasteiger charge is 2.43. The molecule has 4 unspecified atom stereocenters. The van der Waals surface area contributed by atoms with Gasteiger partial charge in [-0.1, -0.05) is 37.3 Å². The van der Waals surface area contributed by atoms with Gasteiger partial charge in [-0.2, -0.15) is 0 Å². The van der Waals surface area contributed by atoms with E-state index in [0.29, 0.717) is 11.8 Å². The molecule has 1 aromatic carbocycles. The number of rotatable bonds is 4. The van der Waals surface area contributed by atoms with Crippen LogP contribution in [0.25, 0.3) is 0 Å². The molecule has 1 heterocycles. The molecule has 0 spiro atoms. The van der Waals surface area contributed by atoms with Crippen LogP contribution < -0.4 is 0 Å². The zero-order valence-corrected chi connectivity index (χ0v) is 12.2. The topological polar surface area (TPSA) is 43.7 Å². The molecule has 3 heteroatoms. The fourth-order valence-corrected chi connectivity index (χ4v) is 4.02. The van der Waals surface area contributed by atoms with E-state index in [0.717, 1.165) is 32.5 Å². The molecule has 20 heavy (non-hydrogen) atoms. The molecule has 3 rings (SSSR count). The Hall–Kier alpha value is -0.900. The molecule has 2 aliphatic rings. The summed E-state index contributed by atoms with van der Waals surface area (Å²) in [5.74, 6) is 1.11. The van der Waals surface area contributed by atoms with Crippen molar-refractivity contribution in [3.63, 3.8) is 0 Å². The first-order chi connectivity index (χ1) is 9.62. The van der Waals surface area contributed by atoms with Gasteiger partial charge in [0.25, 0.3) is 0 Å². The third kappa shape index (κ3) is 2.50. The summed E-state index contributed by atoms with van der Waals surface area (Å²) in [5, 5.41) is 19.9. The zero-order valence-electron chi connectivity index (χ0n) is 12.2. The number of benzene rings is 1. The van der Waals surface area contributed by atoms with Crippen molar-refractivity contribution in [2.75, 3.05) is 26.2 Å². The van der Waals surface area contributed by atoms with E-state index in [9.17, 15) is 10.2 Å². The zero-order chi connectivity index (χ0) is 14.2. The largest absolute Gasteiger partial charge is 0.395 e. The highest BCUT2D eigenvalue weighted by Crippen LogP contribution is 2.39. The lowest BCUT2D eigenvalue weighted by Crippen LogP contribution is -2.41. The average Bonchev–Trinajstić information content (AvgIpc) is 3.02. The number of likely N-dealkylation sites (tertiary alicyclic amines) is 1. The van der Waals surface area contributed by atoms with E-state index in [1.54, 1.807) is 0 Å². The summed E-state index contributed by atoms with van der Waals surface area (Å²) in [6.45, 7) is 5.21. The first kappa shape index (κ1) is 14.1. The average molecular weight is 275 g/mol. The summed E-state index contributed by atoms with van der Waals surface area (Å²) in [5.41, 5.74) is 0.977. The van der Waals surface area contributed by atoms with Crippen molar-refractivity contribution in [1.29, 1.82) is 0 Å². The van der Waals surface area contributed by atoms with Gasteiger partial charge in [0, 0.05) is 31.0 Å². The molecule has 0 radical (unpaired) electrons. The Bertz CT molecular complexity index is 450. The molecule has 2 fully saturated rings. The molecule has 0 bridgehead atoms. The van der Waals surface area contributed by atoms with E-state index in [4.69, 9.17) is 0 Å². The monoisotopic (exact) mass is 275 g/mol. The van der Waals surface area contributed by atoms with Crippen LogP contribution in [0.3, 0.4) is 0 Å². The molecule has 0 aromatic heterocycles. The standard InChI is InChI=1S/C17H25NO2/c1-17(12-19,14-5-3-2-4-6-14)11-18-9-13-7-8-16(20)15(13)10-18/h2-6,13,15-16,19-20H,7-12H2,1H3. The van der Waals surface area contributed by atoms with Gasteiger partial charge in [0.15, 0.2) is 0 Å². The fraction of sp³-hybridized carbons (Fsp3) is 0.647. The van der Waals surface area contributed by atoms with E-state index in [2.05, 4.69) is 24.0 Å². The van der Waals surface area contributed by atoms with Crippen LogP contribution in [0.15, 0.2) is 30.3 Å². The van der Waals surface area contributed by atoms with Gasteiger partial charge in [0.1, 0.15) is 0 Å². The molecular weight excluding hydrogens is 250 g/mol. The number of aliphatic hydroxyl groups excluding tert-OH is 2. The van der Waals surface area contributed by atoms with Crippen molar-refractivity contribution in [3.05, 3.63) is 35.9 Å². The molecule has 1 saturated heterocycles. The first-order valence-electron chi connectivity index (χ1n) is 7.69. The Morgan fingerprint density at radius 2 is 1.95 bits per heavy atom. The molecular formula is C17H25NO2. The lowest BCUT2D eigenvalue weighted by molar-refractivity contribution is 0.114. The minimum absolute atomic E-state index is 0.109. The summed E-state index contributed by atoms with van der Waals surface area (Å²) in [6, 6.07) is 10.3. The van der Waals surface area contributed by atoms with Gasteiger partial charge in [-0.05, 0) is 24.3 Å². The van der Waals surface area contributed by atoms with Crippen molar-refractivity contribution in [1.82, 2.24) is 4.90 Å². The van der Waals surface area contributed by atoms with Crippen LogP contribution in [0.5, 0.6) is 0 Å². The summed E-state index contributed by atoms with van der Waals surface area (Å²) in [7, 11) is 0. The third-order valence-corrected chi connectivity index (χ3v) is 5.29. The maximum Gasteiger partial charge on any atom is 0.0583 e. The van der Waals surface area contributed by atoms with Gasteiger partial charge in [0.05, 0.1) is 12.7 Å². The lowest BCUT2D eigenvalue weighted by Gasteiger charge is -2.33. The fourth-order valence-electron chi connectivity index (χ4n) is 4.02. The smallest absolute Gasteiger partial charge is 0.0583 e. The van der Waals surface area contributed by atoms with E-state index >= 15 is 0 Å². The van der Waals surface area contributed by atoms with Crippen molar-refractivity contribution in [3.8, 4) is 0 Å². The SMILES string of the molecule is CC(CO)(CN1CC2CCC(O)C2C1)c1ccccc1. The number of aliphatic hydroxyl groups is 2. The lowest BCUT2D eigenvalue weighted by atomic mass is 9.83. The van der Waals surface area contributed by atoms with Crippen LogP contribution in [0.1, 0.15) is 25.3 Å². The van der Waals surface area contributed by atoms with Gasteiger partial charge < -0.3 is 15.1 Å². The molecule has 1 aliphatic heterocycles. The summed E-state index contributed by atoms with van der Waals surface area (Å²) >= 11 is 0. The second-order valence-electron chi connectivity index (χ2n) is 6.85. The van der Waals surface area contributed by atoms with E-state index in [1.165, 1.54) is 5.56 Å². The third-order valence-electron chi connectivity index (χ3n) is 5.29. The van der Waals surface area contributed by atoms with E-state index < -0.39 is 0 Å². The summed E-state index contributed by atoms with van der Waals surface area (Å²) in [6.07, 6.45) is 2.02. The minimum Gasteiger partial charge on any atom is -0.395 e. The molecule has 1 aliphatic carbocycles. The van der Waals surface area contributed by atoms with Crippen molar-refractivity contribution in [2.45, 2.75) is 31.3 Å². The van der Waals surface area contributed by atoms with Gasteiger partial charge >= 0.3 is 0 Å². The van der Waals surface area contributed by atoms with Crippen LogP contribution in [0.4, 0.5) is 0 Å². The molecule has 1 aromatic rings. The molecule has 4 atom stereocenters. The Morgan fingerprint density at radius 1 is 1.20 bits per heavy atom.